The molecule has 0 spiro atoms. The molecule has 0 radical (unpaired) electrons. The summed E-state index contributed by atoms with van der Waals surface area (Å²) in [6.07, 6.45) is 6.93. The molecule has 5 heteroatoms. The van der Waals surface area contributed by atoms with Crippen LogP contribution in [0.2, 0.25) is 0 Å². The first-order chi connectivity index (χ1) is 14.2. The van der Waals surface area contributed by atoms with Gasteiger partial charge >= 0.3 is 0 Å². The van der Waals surface area contributed by atoms with Crippen molar-refractivity contribution in [2.45, 2.75) is 57.6 Å². The summed E-state index contributed by atoms with van der Waals surface area (Å²) < 4.78 is 6.08. The third-order valence-corrected chi connectivity index (χ3v) is 5.12. The smallest absolute Gasteiger partial charge is 0.224 e. The molecule has 5 nitrogen and oxygen atoms in total. The molecule has 2 aromatic carbocycles. The third-order valence-electron chi connectivity index (χ3n) is 5.12. The summed E-state index contributed by atoms with van der Waals surface area (Å²) in [6.45, 7) is 0.793. The van der Waals surface area contributed by atoms with Crippen LogP contribution in [0.25, 0.3) is 0 Å². The van der Waals surface area contributed by atoms with Gasteiger partial charge < -0.3 is 15.4 Å². The van der Waals surface area contributed by atoms with Crippen LogP contribution >= 0.6 is 0 Å². The van der Waals surface area contributed by atoms with E-state index in [4.69, 9.17) is 4.74 Å². The molecule has 0 unspecified atom stereocenters. The molecule has 0 heterocycles. The number of hydrogen-bond donors (Lipinski definition) is 2. The minimum absolute atomic E-state index is 0.0726. The van der Waals surface area contributed by atoms with Gasteiger partial charge in [0.1, 0.15) is 5.75 Å². The van der Waals surface area contributed by atoms with Crippen molar-refractivity contribution in [2.75, 3.05) is 6.54 Å². The highest BCUT2D eigenvalue weighted by molar-refractivity contribution is 5.80. The zero-order chi connectivity index (χ0) is 20.3. The molecule has 0 bridgehead atoms. The Bertz CT molecular complexity index is 786. The van der Waals surface area contributed by atoms with Crippen molar-refractivity contribution in [1.82, 2.24) is 10.6 Å². The maximum Gasteiger partial charge on any atom is 0.224 e. The average Bonchev–Trinajstić information content (AvgIpc) is 2.74. The molecule has 0 aromatic heterocycles. The van der Waals surface area contributed by atoms with Crippen molar-refractivity contribution in [1.29, 1.82) is 0 Å². The van der Waals surface area contributed by atoms with Crippen molar-refractivity contribution in [2.24, 2.45) is 0 Å². The zero-order valence-electron chi connectivity index (χ0n) is 16.9. The number of hydrogen-bond acceptors (Lipinski definition) is 3. The van der Waals surface area contributed by atoms with Crippen LogP contribution in [0.4, 0.5) is 0 Å². The summed E-state index contributed by atoms with van der Waals surface area (Å²) in [6, 6.07) is 17.5. The fraction of sp³-hybridized carbons (Fsp3) is 0.417. The Kier molecular flexibility index (Phi) is 8.11. The third kappa shape index (κ3) is 7.60. The summed E-state index contributed by atoms with van der Waals surface area (Å²) in [5, 5.41) is 5.70. The number of ether oxygens (including phenoxy) is 1. The number of carbonyl (C=O) groups is 2. The number of amides is 2. The van der Waals surface area contributed by atoms with Crippen molar-refractivity contribution in [3.8, 4) is 5.75 Å². The fourth-order valence-corrected chi connectivity index (χ4v) is 3.55. The average molecular weight is 395 g/mol. The molecule has 3 rings (SSSR count). The largest absolute Gasteiger partial charge is 0.490 e. The van der Waals surface area contributed by atoms with Gasteiger partial charge in [0.25, 0.3) is 0 Å². The Hall–Kier alpha value is -2.82. The number of carbonyl (C=O) groups excluding carboxylic acids is 2. The Labute approximate surface area is 172 Å². The lowest BCUT2D eigenvalue weighted by molar-refractivity contribution is -0.122. The van der Waals surface area contributed by atoms with Gasteiger partial charge in [0, 0.05) is 19.5 Å². The summed E-state index contributed by atoms with van der Waals surface area (Å²) in [5.41, 5.74) is 1.98. The predicted octanol–water partition coefficient (Wildman–Crippen LogP) is 3.76. The Morgan fingerprint density at radius 1 is 0.862 bits per heavy atom. The summed E-state index contributed by atoms with van der Waals surface area (Å²) >= 11 is 0. The second-order valence-corrected chi connectivity index (χ2v) is 7.56. The van der Waals surface area contributed by atoms with E-state index in [1.807, 2.05) is 54.6 Å². The second kappa shape index (κ2) is 11.2. The first kappa shape index (κ1) is 20.9. The van der Waals surface area contributed by atoms with E-state index in [-0.39, 0.29) is 18.2 Å². The molecule has 1 fully saturated rings. The Morgan fingerprint density at radius 2 is 1.62 bits per heavy atom. The molecule has 154 valence electrons. The van der Waals surface area contributed by atoms with Crippen LogP contribution in [0.15, 0.2) is 54.6 Å². The highest BCUT2D eigenvalue weighted by Gasteiger charge is 2.15. The maximum atomic E-state index is 12.1. The van der Waals surface area contributed by atoms with Crippen LogP contribution in [-0.2, 0) is 22.6 Å². The molecule has 0 atom stereocenters. The molecule has 29 heavy (non-hydrogen) atoms. The fourth-order valence-electron chi connectivity index (χ4n) is 3.55. The van der Waals surface area contributed by atoms with E-state index >= 15 is 0 Å². The van der Waals surface area contributed by atoms with Gasteiger partial charge in [-0.25, -0.2) is 0 Å². The van der Waals surface area contributed by atoms with E-state index in [1.54, 1.807) is 0 Å². The van der Waals surface area contributed by atoms with Gasteiger partial charge in [-0.15, -0.1) is 0 Å². The van der Waals surface area contributed by atoms with E-state index in [2.05, 4.69) is 10.6 Å². The quantitative estimate of drug-likeness (QED) is 0.680. The molecular formula is C24H30N2O3. The van der Waals surface area contributed by atoms with Crippen LogP contribution in [0.3, 0.4) is 0 Å². The molecule has 0 aliphatic heterocycles. The van der Waals surface area contributed by atoms with Crippen LogP contribution in [0.5, 0.6) is 5.75 Å². The van der Waals surface area contributed by atoms with Crippen molar-refractivity contribution >= 4 is 11.8 Å². The van der Waals surface area contributed by atoms with Gasteiger partial charge in [-0.3, -0.25) is 9.59 Å². The van der Waals surface area contributed by atoms with Gasteiger partial charge in [-0.1, -0.05) is 48.9 Å². The van der Waals surface area contributed by atoms with Crippen LogP contribution in [0, 0.1) is 0 Å². The molecule has 2 aromatic rings. The number of rotatable bonds is 9. The minimum atomic E-state index is -0.0800. The van der Waals surface area contributed by atoms with Gasteiger partial charge in [0.15, 0.2) is 0 Å². The Morgan fingerprint density at radius 3 is 2.41 bits per heavy atom. The second-order valence-electron chi connectivity index (χ2n) is 7.56. The highest BCUT2D eigenvalue weighted by atomic mass is 16.5. The highest BCUT2D eigenvalue weighted by Crippen LogP contribution is 2.23. The summed E-state index contributed by atoms with van der Waals surface area (Å²) in [4.78, 5) is 24.0. The van der Waals surface area contributed by atoms with Crippen molar-refractivity contribution < 1.29 is 14.3 Å². The van der Waals surface area contributed by atoms with Gasteiger partial charge in [-0.2, -0.15) is 0 Å². The maximum absolute atomic E-state index is 12.1. The van der Waals surface area contributed by atoms with E-state index in [0.29, 0.717) is 25.6 Å². The first-order valence-electron chi connectivity index (χ1n) is 10.5. The van der Waals surface area contributed by atoms with E-state index in [0.717, 1.165) is 29.7 Å². The molecule has 2 N–H and O–H groups in total. The zero-order valence-corrected chi connectivity index (χ0v) is 16.9. The van der Waals surface area contributed by atoms with Crippen LogP contribution < -0.4 is 15.4 Å². The minimum Gasteiger partial charge on any atom is -0.490 e. The molecule has 2 amide bonds. The van der Waals surface area contributed by atoms with Crippen LogP contribution in [-0.4, -0.2) is 24.5 Å². The van der Waals surface area contributed by atoms with Crippen LogP contribution in [0.1, 0.15) is 49.7 Å². The lowest BCUT2D eigenvalue weighted by Crippen LogP contribution is -2.31. The standard InChI is InChI=1S/C24H30N2O3/c27-23(14-15-25-24(28)17-19-8-3-1-4-9-19)26-18-20-10-7-13-22(16-20)29-21-11-5-2-6-12-21/h1,3-4,7-10,13,16,21H,2,5-6,11-12,14-15,17-18H2,(H,25,28)(H,26,27). The SMILES string of the molecule is O=C(CCNC(=O)Cc1ccccc1)NCc1cccc(OC2CCCCC2)c1. The van der Waals surface area contributed by atoms with Gasteiger partial charge in [0.05, 0.1) is 12.5 Å². The lowest BCUT2D eigenvalue weighted by Gasteiger charge is -2.23. The Balaban J connectivity index is 1.34. The topological polar surface area (TPSA) is 67.4 Å². The van der Waals surface area contributed by atoms with E-state index in [9.17, 15) is 9.59 Å². The van der Waals surface area contributed by atoms with E-state index < -0.39 is 0 Å². The summed E-state index contributed by atoms with van der Waals surface area (Å²) in [5.74, 6) is 0.719. The number of nitrogens with one attached hydrogen (secondary N) is 2. The van der Waals surface area contributed by atoms with Crippen molar-refractivity contribution in [3.05, 3.63) is 65.7 Å². The van der Waals surface area contributed by atoms with E-state index in [1.165, 1.54) is 19.3 Å². The normalized spacial score (nSPS) is 14.2. The molecule has 1 saturated carbocycles. The molecule has 1 aliphatic carbocycles. The molecular weight excluding hydrogens is 364 g/mol. The molecule has 0 saturated heterocycles. The molecule has 1 aliphatic rings. The number of benzene rings is 2. The monoisotopic (exact) mass is 394 g/mol. The van der Waals surface area contributed by atoms with Crippen molar-refractivity contribution in [3.63, 3.8) is 0 Å². The first-order valence-corrected chi connectivity index (χ1v) is 10.5. The predicted molar refractivity (Wildman–Crippen MR) is 114 cm³/mol. The lowest BCUT2D eigenvalue weighted by atomic mass is 9.98. The van der Waals surface area contributed by atoms with Gasteiger partial charge in [0.2, 0.25) is 11.8 Å². The van der Waals surface area contributed by atoms with Gasteiger partial charge in [-0.05, 0) is 48.9 Å². The summed E-state index contributed by atoms with van der Waals surface area (Å²) in [7, 11) is 0.